The molecule has 2 aromatic rings. The highest BCUT2D eigenvalue weighted by atomic mass is 16.5. The van der Waals surface area contributed by atoms with Crippen molar-refractivity contribution in [3.8, 4) is 11.5 Å². The van der Waals surface area contributed by atoms with Crippen LogP contribution in [0.4, 0.5) is 0 Å². The van der Waals surface area contributed by atoms with E-state index in [0.717, 1.165) is 29.0 Å². The lowest BCUT2D eigenvalue weighted by atomic mass is 9.96. The fourth-order valence-electron chi connectivity index (χ4n) is 2.90. The maximum Gasteiger partial charge on any atom is 0.220 e. The second-order valence-corrected chi connectivity index (χ2v) is 6.87. The number of ether oxygens (including phenoxy) is 2. The molecule has 0 radical (unpaired) electrons. The van der Waals surface area contributed by atoms with Crippen LogP contribution in [-0.2, 0) is 11.2 Å². The van der Waals surface area contributed by atoms with Gasteiger partial charge in [-0.3, -0.25) is 4.79 Å². The largest absolute Gasteiger partial charge is 0.497 e. The van der Waals surface area contributed by atoms with Gasteiger partial charge in [-0.15, -0.1) is 0 Å². The Labute approximate surface area is 156 Å². The zero-order chi connectivity index (χ0) is 18.9. The van der Waals surface area contributed by atoms with Crippen molar-refractivity contribution in [2.24, 2.45) is 5.92 Å². The Balaban J connectivity index is 1.96. The van der Waals surface area contributed by atoms with Gasteiger partial charge >= 0.3 is 0 Å². The highest BCUT2D eigenvalue weighted by Crippen LogP contribution is 2.24. The molecule has 4 heteroatoms. The molecule has 0 bridgehead atoms. The molecule has 26 heavy (non-hydrogen) atoms. The zero-order valence-corrected chi connectivity index (χ0v) is 16.1. The summed E-state index contributed by atoms with van der Waals surface area (Å²) in [6, 6.07) is 15.8. The van der Waals surface area contributed by atoms with Crippen LogP contribution in [0.15, 0.2) is 48.5 Å². The van der Waals surface area contributed by atoms with Crippen molar-refractivity contribution in [1.29, 1.82) is 0 Å². The summed E-state index contributed by atoms with van der Waals surface area (Å²) in [6.07, 6.45) is 2.09. The van der Waals surface area contributed by atoms with Gasteiger partial charge in [-0.2, -0.15) is 0 Å². The van der Waals surface area contributed by atoms with Crippen molar-refractivity contribution in [2.45, 2.75) is 39.2 Å². The molecule has 0 heterocycles. The lowest BCUT2D eigenvalue weighted by molar-refractivity contribution is -0.121. The van der Waals surface area contributed by atoms with E-state index in [9.17, 15) is 4.79 Å². The van der Waals surface area contributed by atoms with Crippen LogP contribution in [0.5, 0.6) is 11.5 Å². The van der Waals surface area contributed by atoms with Crippen LogP contribution in [0.1, 0.15) is 43.9 Å². The lowest BCUT2D eigenvalue weighted by Crippen LogP contribution is -2.29. The molecule has 0 aliphatic heterocycles. The van der Waals surface area contributed by atoms with E-state index in [1.807, 2.05) is 48.5 Å². The van der Waals surface area contributed by atoms with Crippen LogP contribution < -0.4 is 14.8 Å². The molecule has 0 unspecified atom stereocenters. The summed E-state index contributed by atoms with van der Waals surface area (Å²) in [6.45, 7) is 4.33. The third-order valence-electron chi connectivity index (χ3n) is 4.36. The fraction of sp³-hybridized carbons (Fsp3) is 0.409. The number of nitrogens with one attached hydrogen (secondary N) is 1. The monoisotopic (exact) mass is 355 g/mol. The van der Waals surface area contributed by atoms with E-state index in [4.69, 9.17) is 9.47 Å². The van der Waals surface area contributed by atoms with Crippen LogP contribution >= 0.6 is 0 Å². The average molecular weight is 355 g/mol. The summed E-state index contributed by atoms with van der Waals surface area (Å²) in [5.74, 6) is 2.21. The Morgan fingerprint density at radius 1 is 0.923 bits per heavy atom. The molecule has 1 N–H and O–H groups in total. The van der Waals surface area contributed by atoms with Gasteiger partial charge in [0.2, 0.25) is 5.91 Å². The van der Waals surface area contributed by atoms with Crippen LogP contribution in [0.2, 0.25) is 0 Å². The first-order valence-electron chi connectivity index (χ1n) is 9.08. The number of carbonyl (C=O) groups excluding carboxylic acids is 1. The zero-order valence-electron chi connectivity index (χ0n) is 16.1. The van der Waals surface area contributed by atoms with E-state index in [-0.39, 0.29) is 11.9 Å². The van der Waals surface area contributed by atoms with Crippen LogP contribution in [-0.4, -0.2) is 20.1 Å². The highest BCUT2D eigenvalue weighted by Gasteiger charge is 2.16. The summed E-state index contributed by atoms with van der Waals surface area (Å²) < 4.78 is 10.4. The summed E-state index contributed by atoms with van der Waals surface area (Å²) in [5.41, 5.74) is 2.24. The third kappa shape index (κ3) is 6.10. The third-order valence-corrected chi connectivity index (χ3v) is 4.36. The van der Waals surface area contributed by atoms with Crippen molar-refractivity contribution in [3.63, 3.8) is 0 Å². The molecule has 4 nitrogen and oxygen atoms in total. The van der Waals surface area contributed by atoms with Gasteiger partial charge in [0.25, 0.3) is 0 Å². The maximum atomic E-state index is 12.5. The fourth-order valence-corrected chi connectivity index (χ4v) is 2.90. The number of amides is 1. The summed E-state index contributed by atoms with van der Waals surface area (Å²) in [5, 5.41) is 3.19. The molecule has 0 aliphatic rings. The van der Waals surface area contributed by atoms with Gasteiger partial charge in [-0.25, -0.2) is 0 Å². The van der Waals surface area contributed by atoms with E-state index in [2.05, 4.69) is 19.2 Å². The van der Waals surface area contributed by atoms with E-state index in [1.165, 1.54) is 0 Å². The minimum absolute atomic E-state index is 0.0178. The van der Waals surface area contributed by atoms with Crippen LogP contribution in [0, 0.1) is 5.92 Å². The lowest BCUT2D eigenvalue weighted by Gasteiger charge is -2.21. The normalized spacial score (nSPS) is 11.9. The van der Waals surface area contributed by atoms with Crippen molar-refractivity contribution >= 4 is 5.91 Å². The SMILES string of the molecule is COc1ccc(CCC(=O)N[C@H](CC(C)C)c2ccc(OC)cc2)cc1. The van der Waals surface area contributed by atoms with Crippen molar-refractivity contribution in [1.82, 2.24) is 5.32 Å². The van der Waals surface area contributed by atoms with E-state index in [1.54, 1.807) is 14.2 Å². The van der Waals surface area contributed by atoms with Crippen molar-refractivity contribution < 1.29 is 14.3 Å². The number of benzene rings is 2. The van der Waals surface area contributed by atoms with Gasteiger partial charge in [0.1, 0.15) is 11.5 Å². The molecule has 0 fully saturated rings. The predicted molar refractivity (Wildman–Crippen MR) is 105 cm³/mol. The molecule has 1 amide bonds. The minimum Gasteiger partial charge on any atom is -0.497 e. The first-order chi connectivity index (χ1) is 12.5. The minimum atomic E-state index is 0.0178. The van der Waals surface area contributed by atoms with E-state index >= 15 is 0 Å². The molecular formula is C22H29NO3. The van der Waals surface area contributed by atoms with Gasteiger partial charge < -0.3 is 14.8 Å². The molecule has 2 rings (SSSR count). The van der Waals surface area contributed by atoms with Crippen molar-refractivity contribution in [3.05, 3.63) is 59.7 Å². The van der Waals surface area contributed by atoms with Gasteiger partial charge in [-0.05, 0) is 54.2 Å². The first kappa shape index (κ1) is 19.8. The Bertz CT molecular complexity index is 678. The number of hydrogen-bond acceptors (Lipinski definition) is 3. The predicted octanol–water partition coefficient (Wildman–Crippen LogP) is 4.54. The number of rotatable bonds is 9. The molecule has 1 atom stereocenters. The second kappa shape index (κ2) is 9.85. The number of carbonyl (C=O) groups is 1. The second-order valence-electron chi connectivity index (χ2n) is 6.87. The molecule has 0 saturated heterocycles. The number of hydrogen-bond donors (Lipinski definition) is 1. The molecule has 140 valence electrons. The Morgan fingerprint density at radius 2 is 1.46 bits per heavy atom. The van der Waals surface area contributed by atoms with Crippen LogP contribution in [0.25, 0.3) is 0 Å². The highest BCUT2D eigenvalue weighted by molar-refractivity contribution is 5.76. The standard InChI is InChI=1S/C22H29NO3/c1-16(2)15-21(18-8-12-20(26-4)13-9-18)23-22(24)14-7-17-5-10-19(25-3)11-6-17/h5-6,8-13,16,21H,7,14-15H2,1-4H3,(H,23,24)/t21-/m1/s1. The molecular weight excluding hydrogens is 326 g/mol. The van der Waals surface area contributed by atoms with Crippen molar-refractivity contribution in [2.75, 3.05) is 14.2 Å². The molecule has 0 saturated carbocycles. The topological polar surface area (TPSA) is 47.6 Å². The van der Waals surface area contributed by atoms with Gasteiger partial charge in [0.15, 0.2) is 0 Å². The summed E-state index contributed by atoms with van der Waals surface area (Å²) in [4.78, 5) is 12.5. The summed E-state index contributed by atoms with van der Waals surface area (Å²) >= 11 is 0. The van der Waals surface area contributed by atoms with E-state index in [0.29, 0.717) is 18.8 Å². The molecule has 0 aromatic heterocycles. The van der Waals surface area contributed by atoms with Gasteiger partial charge in [0.05, 0.1) is 20.3 Å². The Hall–Kier alpha value is -2.49. The molecule has 0 spiro atoms. The summed E-state index contributed by atoms with van der Waals surface area (Å²) in [7, 11) is 3.30. The quantitative estimate of drug-likeness (QED) is 0.718. The van der Waals surface area contributed by atoms with Gasteiger partial charge in [-0.1, -0.05) is 38.1 Å². The number of methoxy groups -OCH3 is 2. The number of aryl methyl sites for hydroxylation is 1. The molecule has 0 aliphatic carbocycles. The Morgan fingerprint density at radius 3 is 1.96 bits per heavy atom. The molecule has 2 aromatic carbocycles. The first-order valence-corrected chi connectivity index (χ1v) is 9.08. The van der Waals surface area contributed by atoms with Crippen LogP contribution in [0.3, 0.4) is 0 Å². The smallest absolute Gasteiger partial charge is 0.220 e. The average Bonchev–Trinajstić information content (AvgIpc) is 2.66. The maximum absolute atomic E-state index is 12.5. The van der Waals surface area contributed by atoms with E-state index < -0.39 is 0 Å². The van der Waals surface area contributed by atoms with Gasteiger partial charge in [0, 0.05) is 6.42 Å². The Kier molecular flexibility index (Phi) is 7.52.